The molecular weight excluding hydrogens is 360 g/mol. The van der Waals surface area contributed by atoms with Crippen molar-refractivity contribution in [3.05, 3.63) is 59.1 Å². The average molecular weight is 377 g/mol. The predicted octanol–water partition coefficient (Wildman–Crippen LogP) is 2.42. The number of hydrazone groups is 1. The zero-order valence-corrected chi connectivity index (χ0v) is 14.7. The van der Waals surface area contributed by atoms with Gasteiger partial charge in [0.25, 0.3) is 5.91 Å². The van der Waals surface area contributed by atoms with Crippen molar-refractivity contribution in [2.24, 2.45) is 5.10 Å². The van der Waals surface area contributed by atoms with Crippen molar-refractivity contribution in [2.45, 2.75) is 0 Å². The second-order valence-corrected chi connectivity index (χ2v) is 5.36. The third kappa shape index (κ3) is 6.45. The number of halogens is 1. The number of methoxy groups -OCH3 is 1. The van der Waals surface area contributed by atoms with E-state index < -0.39 is 11.9 Å². The van der Waals surface area contributed by atoms with Crippen molar-refractivity contribution in [3.63, 3.8) is 0 Å². The molecule has 2 aromatic carbocycles. The van der Waals surface area contributed by atoms with Gasteiger partial charge in [-0.3, -0.25) is 4.79 Å². The number of esters is 1. The Morgan fingerprint density at radius 3 is 2.69 bits per heavy atom. The molecule has 1 amide bonds. The molecule has 0 aromatic heterocycles. The number of hydrogen-bond acceptors (Lipinski definition) is 6. The fourth-order valence-corrected chi connectivity index (χ4v) is 1.99. The Hall–Kier alpha value is -3.06. The molecule has 2 aromatic rings. The van der Waals surface area contributed by atoms with E-state index in [1.54, 1.807) is 48.5 Å². The van der Waals surface area contributed by atoms with Crippen molar-refractivity contribution in [3.8, 4) is 11.5 Å². The Labute approximate surface area is 155 Å². The number of nitrogens with one attached hydrogen (secondary N) is 1. The van der Waals surface area contributed by atoms with Crippen LogP contribution in [0.15, 0.2) is 53.6 Å². The van der Waals surface area contributed by atoms with Crippen LogP contribution in [0.1, 0.15) is 5.56 Å². The average Bonchev–Trinajstić information content (AvgIpc) is 2.66. The minimum Gasteiger partial charge on any atom is -0.482 e. The molecule has 1 N–H and O–H groups in total. The van der Waals surface area contributed by atoms with Gasteiger partial charge >= 0.3 is 5.97 Å². The lowest BCUT2D eigenvalue weighted by atomic mass is 10.2. The molecule has 0 spiro atoms. The number of ether oxygens (including phenoxy) is 3. The number of nitrogens with zero attached hydrogens (tertiary/aromatic N) is 1. The smallest absolute Gasteiger partial charge is 0.343 e. The van der Waals surface area contributed by atoms with Crippen molar-refractivity contribution in [1.29, 1.82) is 0 Å². The highest BCUT2D eigenvalue weighted by atomic mass is 35.5. The summed E-state index contributed by atoms with van der Waals surface area (Å²) in [7, 11) is 1.28. The molecule has 0 aliphatic heterocycles. The Balaban J connectivity index is 1.81. The van der Waals surface area contributed by atoms with Crippen LogP contribution in [0, 0.1) is 0 Å². The molecule has 0 saturated heterocycles. The fourth-order valence-electron chi connectivity index (χ4n) is 1.80. The summed E-state index contributed by atoms with van der Waals surface area (Å²) in [5, 5.41) is 4.27. The van der Waals surface area contributed by atoms with Crippen LogP contribution in [0.5, 0.6) is 11.5 Å². The Kier molecular flexibility index (Phi) is 7.45. The van der Waals surface area contributed by atoms with E-state index >= 15 is 0 Å². The number of para-hydroxylation sites is 1. The van der Waals surface area contributed by atoms with E-state index in [9.17, 15) is 9.59 Å². The molecule has 0 unspecified atom stereocenters. The lowest BCUT2D eigenvalue weighted by Gasteiger charge is -2.06. The molecule has 0 bridgehead atoms. The maximum absolute atomic E-state index is 11.7. The number of hydrogen-bond donors (Lipinski definition) is 1. The first-order valence-electron chi connectivity index (χ1n) is 7.57. The van der Waals surface area contributed by atoms with Crippen molar-refractivity contribution >= 4 is 29.7 Å². The number of carbonyl (C=O) groups excluding carboxylic acids is 2. The summed E-state index contributed by atoms with van der Waals surface area (Å²) in [6.07, 6.45) is 1.44. The minimum absolute atomic E-state index is 0.187. The number of rotatable bonds is 8. The number of carbonyl (C=O) groups is 2. The van der Waals surface area contributed by atoms with E-state index in [0.717, 1.165) is 0 Å². The van der Waals surface area contributed by atoms with Gasteiger partial charge < -0.3 is 14.2 Å². The van der Waals surface area contributed by atoms with Gasteiger partial charge in [-0.2, -0.15) is 5.10 Å². The first kappa shape index (κ1) is 19.3. The van der Waals surface area contributed by atoms with Gasteiger partial charge in [-0.1, -0.05) is 35.9 Å². The summed E-state index contributed by atoms with van der Waals surface area (Å²) in [4.78, 5) is 22.8. The van der Waals surface area contributed by atoms with Crippen molar-refractivity contribution < 1.29 is 23.8 Å². The monoisotopic (exact) mass is 376 g/mol. The molecule has 7 nitrogen and oxygen atoms in total. The summed E-state index contributed by atoms with van der Waals surface area (Å²) >= 11 is 5.93. The summed E-state index contributed by atoms with van der Waals surface area (Å²) in [6.45, 7) is -0.406. The van der Waals surface area contributed by atoms with Gasteiger partial charge in [0.2, 0.25) is 0 Å². The maximum Gasteiger partial charge on any atom is 0.343 e. The number of benzene rings is 2. The van der Waals surface area contributed by atoms with Gasteiger partial charge in [-0.15, -0.1) is 0 Å². The van der Waals surface area contributed by atoms with E-state index in [-0.39, 0.29) is 13.2 Å². The predicted molar refractivity (Wildman–Crippen MR) is 96.6 cm³/mol. The summed E-state index contributed by atoms with van der Waals surface area (Å²) in [5.41, 5.74) is 3.03. The Bertz CT molecular complexity index is 795. The largest absolute Gasteiger partial charge is 0.482 e. The van der Waals surface area contributed by atoms with Crippen LogP contribution in [0.2, 0.25) is 5.02 Å². The summed E-state index contributed by atoms with van der Waals surface area (Å²) < 4.78 is 15.1. The fraction of sp³-hybridized carbons (Fsp3) is 0.167. The van der Waals surface area contributed by atoms with Crippen LogP contribution in [0.4, 0.5) is 0 Å². The molecule has 0 aliphatic rings. The van der Waals surface area contributed by atoms with Crippen molar-refractivity contribution in [2.75, 3.05) is 20.3 Å². The van der Waals surface area contributed by atoms with Crippen LogP contribution in [0.25, 0.3) is 0 Å². The second-order valence-electron chi connectivity index (χ2n) is 4.95. The molecule has 0 radical (unpaired) electrons. The van der Waals surface area contributed by atoms with E-state index in [1.165, 1.54) is 13.3 Å². The highest BCUT2D eigenvalue weighted by Gasteiger charge is 2.04. The molecule has 26 heavy (non-hydrogen) atoms. The third-order valence-corrected chi connectivity index (χ3v) is 3.35. The lowest BCUT2D eigenvalue weighted by Crippen LogP contribution is -2.24. The molecule has 0 atom stereocenters. The molecule has 8 heteroatoms. The van der Waals surface area contributed by atoms with Crippen molar-refractivity contribution in [1.82, 2.24) is 5.43 Å². The SMILES string of the molecule is COC(=O)COc1cccc(C=NNC(=O)COc2ccccc2Cl)c1. The maximum atomic E-state index is 11.7. The second kappa shape index (κ2) is 10.0. The normalized spacial score (nSPS) is 10.4. The van der Waals surface area contributed by atoms with Crippen LogP contribution >= 0.6 is 11.6 Å². The van der Waals surface area contributed by atoms with Gasteiger partial charge in [-0.25, -0.2) is 10.2 Å². The lowest BCUT2D eigenvalue weighted by molar-refractivity contribution is -0.142. The van der Waals surface area contributed by atoms with Gasteiger partial charge in [0.05, 0.1) is 18.3 Å². The topological polar surface area (TPSA) is 86.2 Å². The van der Waals surface area contributed by atoms with Gasteiger partial charge in [-0.05, 0) is 29.8 Å². The zero-order chi connectivity index (χ0) is 18.8. The van der Waals surface area contributed by atoms with Crippen LogP contribution in [-0.4, -0.2) is 38.4 Å². The molecule has 136 valence electrons. The first-order chi connectivity index (χ1) is 12.6. The minimum atomic E-state index is -0.477. The summed E-state index contributed by atoms with van der Waals surface area (Å²) in [5.74, 6) is -0.00870. The van der Waals surface area contributed by atoms with Crippen LogP contribution in [0.3, 0.4) is 0 Å². The quantitative estimate of drug-likeness (QED) is 0.434. The zero-order valence-electron chi connectivity index (χ0n) is 14.0. The molecule has 0 fully saturated rings. The highest BCUT2D eigenvalue weighted by molar-refractivity contribution is 6.32. The van der Waals surface area contributed by atoms with E-state index in [0.29, 0.717) is 22.1 Å². The van der Waals surface area contributed by atoms with E-state index in [2.05, 4.69) is 15.3 Å². The standard InChI is InChI=1S/C18H17ClN2O5/c1-24-18(23)12-25-14-6-4-5-13(9-14)10-20-21-17(22)11-26-16-8-3-2-7-15(16)19/h2-10H,11-12H2,1H3,(H,21,22). The van der Waals surface area contributed by atoms with Crippen LogP contribution in [-0.2, 0) is 14.3 Å². The summed E-state index contributed by atoms with van der Waals surface area (Å²) in [6, 6.07) is 13.7. The molecular formula is C18H17ClN2O5. The van der Waals surface area contributed by atoms with E-state index in [1.807, 2.05) is 0 Å². The number of amides is 1. The highest BCUT2D eigenvalue weighted by Crippen LogP contribution is 2.22. The third-order valence-electron chi connectivity index (χ3n) is 3.04. The van der Waals surface area contributed by atoms with Gasteiger partial charge in [0, 0.05) is 0 Å². The molecule has 0 aliphatic carbocycles. The van der Waals surface area contributed by atoms with Crippen LogP contribution < -0.4 is 14.9 Å². The van der Waals surface area contributed by atoms with Gasteiger partial charge in [0.15, 0.2) is 13.2 Å². The Morgan fingerprint density at radius 2 is 1.92 bits per heavy atom. The Morgan fingerprint density at radius 1 is 1.12 bits per heavy atom. The molecule has 2 rings (SSSR count). The van der Waals surface area contributed by atoms with Gasteiger partial charge in [0.1, 0.15) is 11.5 Å². The molecule has 0 saturated carbocycles. The molecule has 0 heterocycles. The first-order valence-corrected chi connectivity index (χ1v) is 7.95. The van der Waals surface area contributed by atoms with E-state index in [4.69, 9.17) is 21.1 Å².